The average molecular weight is 427 g/mol. The summed E-state index contributed by atoms with van der Waals surface area (Å²) in [6, 6.07) is 7.84. The van der Waals surface area contributed by atoms with Gasteiger partial charge in [-0.2, -0.15) is 5.10 Å². The van der Waals surface area contributed by atoms with Crippen molar-refractivity contribution in [2.24, 2.45) is 11.8 Å². The predicted octanol–water partition coefficient (Wildman–Crippen LogP) is 4.46. The first-order valence-corrected chi connectivity index (χ1v) is 11.3. The van der Waals surface area contributed by atoms with Gasteiger partial charge in [-0.3, -0.25) is 9.69 Å². The summed E-state index contributed by atoms with van der Waals surface area (Å²) in [5.74, 6) is 0.914. The normalized spacial score (nSPS) is 16.5. The van der Waals surface area contributed by atoms with Crippen molar-refractivity contribution in [3.8, 4) is 5.69 Å². The SMILES string of the molecule is C=CCN1CCc2c(c(CN(CC(C)C)C(=O)C3CC3)nn2-c2ccccc2Cl)C1. The molecule has 1 aliphatic heterocycles. The minimum absolute atomic E-state index is 0.211. The number of para-hydroxylation sites is 1. The van der Waals surface area contributed by atoms with Crippen molar-refractivity contribution in [3.63, 3.8) is 0 Å². The monoisotopic (exact) mass is 426 g/mol. The number of halogens is 1. The van der Waals surface area contributed by atoms with E-state index in [0.717, 1.165) is 56.8 Å². The molecular formula is C24H31ClN4O. The van der Waals surface area contributed by atoms with Crippen LogP contribution < -0.4 is 0 Å². The quantitative estimate of drug-likeness (QED) is 0.585. The van der Waals surface area contributed by atoms with Gasteiger partial charge in [-0.1, -0.05) is 43.7 Å². The van der Waals surface area contributed by atoms with Gasteiger partial charge in [0.25, 0.3) is 0 Å². The van der Waals surface area contributed by atoms with E-state index in [2.05, 4.69) is 25.3 Å². The molecule has 1 aromatic carbocycles. The number of hydrogen-bond acceptors (Lipinski definition) is 3. The highest BCUT2D eigenvalue weighted by Crippen LogP contribution is 2.33. The Morgan fingerprint density at radius 3 is 2.80 bits per heavy atom. The van der Waals surface area contributed by atoms with E-state index >= 15 is 0 Å². The Balaban J connectivity index is 1.71. The number of nitrogens with zero attached hydrogens (tertiary/aromatic N) is 4. The van der Waals surface area contributed by atoms with Crippen molar-refractivity contribution >= 4 is 17.5 Å². The van der Waals surface area contributed by atoms with Crippen LogP contribution in [-0.4, -0.2) is 45.1 Å². The molecule has 5 nitrogen and oxygen atoms in total. The lowest BCUT2D eigenvalue weighted by atomic mass is 10.0. The van der Waals surface area contributed by atoms with Gasteiger partial charge in [0.1, 0.15) is 0 Å². The first-order valence-electron chi connectivity index (χ1n) is 10.9. The zero-order valence-corrected chi connectivity index (χ0v) is 18.7. The molecule has 6 heteroatoms. The summed E-state index contributed by atoms with van der Waals surface area (Å²) in [7, 11) is 0. The van der Waals surface area contributed by atoms with E-state index in [4.69, 9.17) is 16.7 Å². The van der Waals surface area contributed by atoms with E-state index in [-0.39, 0.29) is 11.8 Å². The standard InChI is InChI=1S/C24H31ClN4O/c1-4-12-27-13-11-22-19(15-27)21(26-29(22)23-8-6-5-7-20(23)25)16-28(14-17(2)3)24(30)18-9-10-18/h4-8,17-18H,1,9-16H2,2-3H3. The van der Waals surface area contributed by atoms with Gasteiger partial charge in [0.05, 0.1) is 28.6 Å². The van der Waals surface area contributed by atoms with Crippen molar-refractivity contribution < 1.29 is 4.79 Å². The summed E-state index contributed by atoms with van der Waals surface area (Å²) >= 11 is 6.51. The molecule has 0 atom stereocenters. The Morgan fingerprint density at radius 2 is 2.13 bits per heavy atom. The Hall–Kier alpha value is -2.11. The molecule has 0 bridgehead atoms. The van der Waals surface area contributed by atoms with Crippen LogP contribution in [0.2, 0.25) is 5.02 Å². The predicted molar refractivity (Wildman–Crippen MR) is 121 cm³/mol. The van der Waals surface area contributed by atoms with Gasteiger partial charge in [-0.05, 0) is 30.9 Å². The fraction of sp³-hybridized carbons (Fsp3) is 0.500. The van der Waals surface area contributed by atoms with Crippen LogP contribution in [0.1, 0.15) is 43.6 Å². The van der Waals surface area contributed by atoms with Gasteiger partial charge in [0.15, 0.2) is 0 Å². The molecule has 0 spiro atoms. The molecule has 1 aliphatic carbocycles. The second kappa shape index (κ2) is 8.94. The topological polar surface area (TPSA) is 41.4 Å². The Morgan fingerprint density at radius 1 is 1.37 bits per heavy atom. The lowest BCUT2D eigenvalue weighted by Crippen LogP contribution is -2.36. The third-order valence-corrected chi connectivity index (χ3v) is 6.17. The fourth-order valence-corrected chi connectivity index (χ4v) is 4.49. The van der Waals surface area contributed by atoms with Crippen molar-refractivity contribution in [1.29, 1.82) is 0 Å². The number of fused-ring (bicyclic) bond motifs is 1. The van der Waals surface area contributed by atoms with Gasteiger partial charge in [-0.15, -0.1) is 6.58 Å². The molecule has 160 valence electrons. The Labute approximate surface area is 184 Å². The minimum atomic E-state index is 0.211. The molecule has 1 fully saturated rings. The molecule has 1 saturated carbocycles. The third-order valence-electron chi connectivity index (χ3n) is 5.85. The summed E-state index contributed by atoms with van der Waals surface area (Å²) in [5, 5.41) is 5.70. The molecule has 1 amide bonds. The van der Waals surface area contributed by atoms with E-state index in [1.807, 2.05) is 39.9 Å². The highest BCUT2D eigenvalue weighted by atomic mass is 35.5. The minimum Gasteiger partial charge on any atom is -0.336 e. The number of amides is 1. The summed E-state index contributed by atoms with van der Waals surface area (Å²) in [6.07, 6.45) is 4.90. The Bertz CT molecular complexity index is 931. The van der Waals surface area contributed by atoms with Gasteiger partial charge in [0, 0.05) is 44.1 Å². The molecule has 30 heavy (non-hydrogen) atoms. The van der Waals surface area contributed by atoms with Crippen molar-refractivity contribution in [2.75, 3.05) is 19.6 Å². The molecule has 0 N–H and O–H groups in total. The lowest BCUT2D eigenvalue weighted by molar-refractivity contribution is -0.133. The van der Waals surface area contributed by atoms with E-state index < -0.39 is 0 Å². The van der Waals surface area contributed by atoms with Crippen LogP contribution in [0.15, 0.2) is 36.9 Å². The second-order valence-corrected chi connectivity index (χ2v) is 9.30. The molecular weight excluding hydrogens is 396 g/mol. The number of hydrogen-bond donors (Lipinski definition) is 0. The van der Waals surface area contributed by atoms with E-state index in [0.29, 0.717) is 17.5 Å². The van der Waals surface area contributed by atoms with Crippen LogP contribution >= 0.6 is 11.6 Å². The number of benzene rings is 1. The average Bonchev–Trinajstić information content (AvgIpc) is 3.51. The highest BCUT2D eigenvalue weighted by molar-refractivity contribution is 6.32. The molecule has 0 radical (unpaired) electrons. The van der Waals surface area contributed by atoms with E-state index in [1.165, 1.54) is 11.3 Å². The van der Waals surface area contributed by atoms with Gasteiger partial charge in [-0.25, -0.2) is 4.68 Å². The molecule has 2 aliphatic rings. The zero-order chi connectivity index (χ0) is 21.3. The maximum atomic E-state index is 13.0. The van der Waals surface area contributed by atoms with Crippen LogP contribution in [0.4, 0.5) is 0 Å². The van der Waals surface area contributed by atoms with Crippen LogP contribution in [0.5, 0.6) is 0 Å². The van der Waals surface area contributed by atoms with E-state index in [1.54, 1.807) is 0 Å². The van der Waals surface area contributed by atoms with Gasteiger partial charge < -0.3 is 4.90 Å². The summed E-state index contributed by atoms with van der Waals surface area (Å²) < 4.78 is 2.01. The lowest BCUT2D eigenvalue weighted by Gasteiger charge is -2.28. The largest absolute Gasteiger partial charge is 0.336 e. The first-order chi connectivity index (χ1) is 14.5. The third kappa shape index (κ3) is 4.47. The van der Waals surface area contributed by atoms with Gasteiger partial charge >= 0.3 is 0 Å². The smallest absolute Gasteiger partial charge is 0.226 e. The number of carbonyl (C=O) groups excluding carboxylic acids is 1. The first kappa shape index (κ1) is 21.1. The summed E-state index contributed by atoms with van der Waals surface area (Å²) in [6.45, 7) is 12.2. The zero-order valence-electron chi connectivity index (χ0n) is 18.0. The molecule has 4 rings (SSSR count). The van der Waals surface area contributed by atoms with Crippen LogP contribution in [-0.2, 0) is 24.3 Å². The van der Waals surface area contributed by atoms with Crippen molar-refractivity contribution in [2.45, 2.75) is 46.2 Å². The molecule has 0 saturated heterocycles. The molecule has 2 aromatic rings. The number of rotatable bonds is 8. The fourth-order valence-electron chi connectivity index (χ4n) is 4.27. The highest BCUT2D eigenvalue weighted by Gasteiger charge is 2.35. The second-order valence-electron chi connectivity index (χ2n) is 8.90. The maximum absolute atomic E-state index is 13.0. The van der Waals surface area contributed by atoms with Crippen molar-refractivity contribution in [3.05, 3.63) is 58.9 Å². The summed E-state index contributed by atoms with van der Waals surface area (Å²) in [4.78, 5) is 17.4. The van der Waals surface area contributed by atoms with Gasteiger partial charge in [0.2, 0.25) is 5.91 Å². The van der Waals surface area contributed by atoms with Crippen LogP contribution in [0.3, 0.4) is 0 Å². The van der Waals surface area contributed by atoms with Crippen LogP contribution in [0.25, 0.3) is 5.69 Å². The number of aromatic nitrogens is 2. The van der Waals surface area contributed by atoms with Crippen LogP contribution in [0, 0.1) is 11.8 Å². The molecule has 1 aromatic heterocycles. The summed E-state index contributed by atoms with van der Waals surface area (Å²) in [5.41, 5.74) is 4.35. The van der Waals surface area contributed by atoms with Crippen molar-refractivity contribution in [1.82, 2.24) is 19.6 Å². The number of carbonyl (C=O) groups is 1. The Kier molecular flexibility index (Phi) is 6.30. The maximum Gasteiger partial charge on any atom is 0.226 e. The molecule has 0 unspecified atom stereocenters. The molecule has 2 heterocycles. The van der Waals surface area contributed by atoms with E-state index in [9.17, 15) is 4.79 Å².